The summed E-state index contributed by atoms with van der Waals surface area (Å²) in [5.74, 6) is 0. The van der Waals surface area contributed by atoms with Gasteiger partial charge in [-0.2, -0.15) is 0 Å². The van der Waals surface area contributed by atoms with Crippen LogP contribution in [0.15, 0.2) is 176 Å². The van der Waals surface area contributed by atoms with Crippen LogP contribution in [0.4, 0.5) is 28.4 Å². The van der Waals surface area contributed by atoms with E-state index in [0.717, 1.165) is 72.4 Å². The minimum Gasteiger partial charge on any atom is -0.311 e. The molecule has 0 bridgehead atoms. The van der Waals surface area contributed by atoms with Gasteiger partial charge in [-0.25, -0.2) is 0 Å². The Balaban J connectivity index is 1.18. The second-order valence-electron chi connectivity index (χ2n) is 11.7. The Morgan fingerprint density at radius 3 is 1.48 bits per heavy atom. The predicted molar refractivity (Wildman–Crippen MR) is 193 cm³/mol. The molecule has 7 aromatic carbocycles. The van der Waals surface area contributed by atoms with E-state index in [1.807, 2.05) is 42.5 Å². The molecule has 7 aromatic rings. The number of benzene rings is 7. The molecule has 1 atom stereocenters. The molecule has 46 heavy (non-hydrogen) atoms. The zero-order chi connectivity index (χ0) is 30.7. The molecular formula is C42H29N2OP. The van der Waals surface area contributed by atoms with Gasteiger partial charge in [0.15, 0.2) is 0 Å². The van der Waals surface area contributed by atoms with Crippen LogP contribution >= 0.6 is 7.29 Å². The largest absolute Gasteiger partial charge is 0.311 e. The molecule has 2 heterocycles. The fourth-order valence-corrected chi connectivity index (χ4v) is 10.4. The standard InChI is InChI=1S/C42H29N2OP/c45-46-41-21-11-8-18-36(41)35-17-7-10-20-39(35)44(46)40-28-25-31(29-38(40)37-19-9-12-22-42(37)46)30-23-26-34(27-24-30)43(32-13-3-1-4-14-32)33-15-5-2-6-16-33/h1-29H. The average molecular weight is 609 g/mol. The molecule has 1 unspecified atom stereocenters. The number of hydrogen-bond donors (Lipinski definition) is 0. The molecule has 0 fully saturated rings. The maximum Gasteiger partial charge on any atom is 0.235 e. The quantitative estimate of drug-likeness (QED) is 0.186. The smallest absolute Gasteiger partial charge is 0.235 e. The average Bonchev–Trinajstić information content (AvgIpc) is 3.13. The molecule has 4 heteroatoms. The Hall–Kier alpha value is -5.63. The van der Waals surface area contributed by atoms with Gasteiger partial charge in [0.25, 0.3) is 0 Å². The van der Waals surface area contributed by atoms with E-state index in [-0.39, 0.29) is 0 Å². The second kappa shape index (κ2) is 10.5. The molecular weight excluding hydrogens is 579 g/mol. The number of nitrogens with zero attached hydrogens (tertiary/aromatic N) is 2. The van der Waals surface area contributed by atoms with E-state index >= 15 is 4.57 Å². The SMILES string of the molecule is O=P12c3ccccc3-c3ccccc3N1c1ccc(-c3ccc(N(c4ccccc4)c4ccccc4)cc3)cc1-c1ccccc12. The number of anilines is 5. The summed E-state index contributed by atoms with van der Waals surface area (Å²) >= 11 is 0. The van der Waals surface area contributed by atoms with E-state index in [1.165, 1.54) is 0 Å². The summed E-state index contributed by atoms with van der Waals surface area (Å²) in [4.78, 5) is 2.27. The molecule has 0 aromatic heterocycles. The number of hydrogen-bond acceptors (Lipinski definition) is 2. The topological polar surface area (TPSA) is 23.6 Å². The van der Waals surface area contributed by atoms with Crippen molar-refractivity contribution in [3.63, 3.8) is 0 Å². The highest BCUT2D eigenvalue weighted by Crippen LogP contribution is 2.65. The fraction of sp³-hybridized carbons (Fsp3) is 0. The number of para-hydroxylation sites is 3. The lowest BCUT2D eigenvalue weighted by Crippen LogP contribution is -2.37. The van der Waals surface area contributed by atoms with Gasteiger partial charge in [-0.15, -0.1) is 0 Å². The van der Waals surface area contributed by atoms with Crippen LogP contribution in [0, 0.1) is 0 Å². The van der Waals surface area contributed by atoms with E-state index in [0.29, 0.717) is 0 Å². The highest BCUT2D eigenvalue weighted by atomic mass is 31.2. The Bertz CT molecular complexity index is 2260. The first kappa shape index (κ1) is 26.7. The van der Waals surface area contributed by atoms with Gasteiger partial charge in [-0.3, -0.25) is 9.24 Å². The van der Waals surface area contributed by atoms with E-state index < -0.39 is 7.29 Å². The Kier molecular flexibility index (Phi) is 6.09. The summed E-state index contributed by atoms with van der Waals surface area (Å²) in [5.41, 5.74) is 11.8. The van der Waals surface area contributed by atoms with Crippen molar-refractivity contribution in [2.75, 3.05) is 9.57 Å². The summed E-state index contributed by atoms with van der Waals surface area (Å²) in [7, 11) is -3.20. The van der Waals surface area contributed by atoms with Crippen molar-refractivity contribution in [2.24, 2.45) is 0 Å². The molecule has 0 saturated heterocycles. The maximum absolute atomic E-state index is 15.6. The highest BCUT2D eigenvalue weighted by molar-refractivity contribution is 7.81. The van der Waals surface area contributed by atoms with E-state index in [4.69, 9.17) is 0 Å². The molecule has 2 aliphatic heterocycles. The Morgan fingerprint density at radius 1 is 0.391 bits per heavy atom. The lowest BCUT2D eigenvalue weighted by atomic mass is 9.96. The lowest BCUT2D eigenvalue weighted by Gasteiger charge is -2.44. The van der Waals surface area contributed by atoms with Gasteiger partial charge in [0.05, 0.1) is 11.4 Å². The van der Waals surface area contributed by atoms with Crippen LogP contribution in [0.2, 0.25) is 0 Å². The molecule has 0 radical (unpaired) electrons. The zero-order valence-electron chi connectivity index (χ0n) is 25.0. The van der Waals surface area contributed by atoms with Crippen molar-refractivity contribution < 1.29 is 4.57 Å². The summed E-state index contributed by atoms with van der Waals surface area (Å²) in [6.07, 6.45) is 0. The Morgan fingerprint density at radius 2 is 0.848 bits per heavy atom. The van der Waals surface area contributed by atoms with Crippen LogP contribution in [-0.4, -0.2) is 0 Å². The molecule has 2 aliphatic rings. The summed E-state index contributed by atoms with van der Waals surface area (Å²) in [6.45, 7) is 0. The van der Waals surface area contributed by atoms with E-state index in [9.17, 15) is 0 Å². The van der Waals surface area contributed by atoms with Crippen LogP contribution in [0.5, 0.6) is 0 Å². The summed E-state index contributed by atoms with van der Waals surface area (Å²) < 4.78 is 17.7. The third kappa shape index (κ3) is 3.96. The minimum atomic E-state index is -3.20. The first-order valence-corrected chi connectivity index (χ1v) is 17.2. The van der Waals surface area contributed by atoms with Crippen molar-refractivity contribution in [2.45, 2.75) is 0 Å². The van der Waals surface area contributed by atoms with Gasteiger partial charge in [0, 0.05) is 38.8 Å². The normalized spacial score (nSPS) is 15.5. The van der Waals surface area contributed by atoms with Gasteiger partial charge < -0.3 is 4.90 Å². The van der Waals surface area contributed by atoms with Crippen molar-refractivity contribution in [1.29, 1.82) is 0 Å². The van der Waals surface area contributed by atoms with Crippen LogP contribution in [0.3, 0.4) is 0 Å². The first-order chi connectivity index (χ1) is 22.7. The maximum atomic E-state index is 15.6. The summed E-state index contributed by atoms with van der Waals surface area (Å²) in [5, 5.41) is 1.78. The molecule has 0 amide bonds. The summed E-state index contributed by atoms with van der Waals surface area (Å²) in [6, 6.07) is 61.1. The van der Waals surface area contributed by atoms with Gasteiger partial charge >= 0.3 is 0 Å². The highest BCUT2D eigenvalue weighted by Gasteiger charge is 2.47. The van der Waals surface area contributed by atoms with Crippen LogP contribution in [0.1, 0.15) is 0 Å². The zero-order valence-corrected chi connectivity index (χ0v) is 25.9. The first-order valence-electron chi connectivity index (χ1n) is 15.6. The number of rotatable bonds is 4. The molecule has 9 rings (SSSR count). The predicted octanol–water partition coefficient (Wildman–Crippen LogP) is 10.9. The van der Waals surface area contributed by atoms with Gasteiger partial charge in [-0.05, 0) is 89.0 Å². The third-order valence-electron chi connectivity index (χ3n) is 9.17. The van der Waals surface area contributed by atoms with Crippen molar-refractivity contribution >= 4 is 46.3 Å². The number of fused-ring (bicyclic) bond motifs is 11. The van der Waals surface area contributed by atoms with Crippen LogP contribution in [0.25, 0.3) is 33.4 Å². The van der Waals surface area contributed by atoms with Crippen LogP contribution < -0.4 is 20.2 Å². The van der Waals surface area contributed by atoms with Crippen molar-refractivity contribution in [3.8, 4) is 33.4 Å². The van der Waals surface area contributed by atoms with Gasteiger partial charge in [0.1, 0.15) is 0 Å². The van der Waals surface area contributed by atoms with Crippen molar-refractivity contribution in [1.82, 2.24) is 0 Å². The van der Waals surface area contributed by atoms with Gasteiger partial charge in [0.2, 0.25) is 7.29 Å². The molecule has 3 nitrogen and oxygen atoms in total. The molecule has 0 spiro atoms. The molecule has 0 aliphatic carbocycles. The van der Waals surface area contributed by atoms with E-state index in [1.54, 1.807) is 0 Å². The Labute approximate surface area is 269 Å². The van der Waals surface area contributed by atoms with Gasteiger partial charge in [-0.1, -0.05) is 109 Å². The monoisotopic (exact) mass is 608 g/mol. The third-order valence-corrected chi connectivity index (χ3v) is 12.2. The van der Waals surface area contributed by atoms with Crippen LogP contribution in [-0.2, 0) is 4.57 Å². The second-order valence-corrected chi connectivity index (χ2v) is 14.2. The molecule has 0 saturated carbocycles. The minimum absolute atomic E-state index is 0.887. The van der Waals surface area contributed by atoms with Crippen molar-refractivity contribution in [3.05, 3.63) is 176 Å². The molecule has 0 N–H and O–H groups in total. The van der Waals surface area contributed by atoms with E-state index in [2.05, 4.69) is 143 Å². The lowest BCUT2D eigenvalue weighted by molar-refractivity contribution is 0.586. The molecule has 218 valence electrons. The fourth-order valence-electron chi connectivity index (χ4n) is 7.12.